The fraction of sp³-hybridized carbons (Fsp3) is 0.800. The van der Waals surface area contributed by atoms with E-state index in [0.717, 1.165) is 25.0 Å². The van der Waals surface area contributed by atoms with Crippen LogP contribution in [-0.4, -0.2) is 19.5 Å². The Morgan fingerprint density at radius 1 is 1.00 bits per heavy atom. The summed E-state index contributed by atoms with van der Waals surface area (Å²) in [4.78, 5) is 0. The van der Waals surface area contributed by atoms with Crippen LogP contribution in [0.15, 0.2) is 12.2 Å². The molecule has 0 aromatic carbocycles. The highest BCUT2D eigenvalue weighted by Gasteiger charge is 2.42. The van der Waals surface area contributed by atoms with Crippen molar-refractivity contribution in [1.29, 1.82) is 0 Å². The van der Waals surface area contributed by atoms with Gasteiger partial charge in [0.15, 0.2) is 6.29 Å². The zero-order valence-corrected chi connectivity index (χ0v) is 7.11. The molecular weight excluding hydrogens is 152 g/mol. The molecule has 0 aromatic rings. The van der Waals surface area contributed by atoms with Gasteiger partial charge in [0, 0.05) is 5.92 Å². The summed E-state index contributed by atoms with van der Waals surface area (Å²) < 4.78 is 11.1. The van der Waals surface area contributed by atoms with Crippen molar-refractivity contribution in [3.05, 3.63) is 12.2 Å². The van der Waals surface area contributed by atoms with Gasteiger partial charge in [-0.1, -0.05) is 12.2 Å². The van der Waals surface area contributed by atoms with Crippen LogP contribution in [0.4, 0.5) is 0 Å². The summed E-state index contributed by atoms with van der Waals surface area (Å²) in [5.41, 5.74) is 0. The van der Waals surface area contributed by atoms with Crippen LogP contribution < -0.4 is 0 Å². The molecule has 1 aliphatic heterocycles. The van der Waals surface area contributed by atoms with Gasteiger partial charge in [-0.2, -0.15) is 0 Å². The number of hydrogen-bond acceptors (Lipinski definition) is 2. The second-order valence-electron chi connectivity index (χ2n) is 4.05. The van der Waals surface area contributed by atoms with Crippen molar-refractivity contribution in [3.8, 4) is 0 Å². The van der Waals surface area contributed by atoms with Crippen molar-refractivity contribution in [2.24, 2.45) is 17.8 Å². The zero-order chi connectivity index (χ0) is 7.97. The van der Waals surface area contributed by atoms with E-state index in [0.29, 0.717) is 5.92 Å². The molecule has 0 spiro atoms. The highest BCUT2D eigenvalue weighted by molar-refractivity contribution is 5.10. The van der Waals surface area contributed by atoms with Crippen molar-refractivity contribution >= 4 is 0 Å². The maximum Gasteiger partial charge on any atom is 0.161 e. The van der Waals surface area contributed by atoms with Crippen LogP contribution in [0.25, 0.3) is 0 Å². The van der Waals surface area contributed by atoms with E-state index < -0.39 is 0 Å². The molecule has 3 atom stereocenters. The van der Waals surface area contributed by atoms with Gasteiger partial charge >= 0.3 is 0 Å². The topological polar surface area (TPSA) is 18.5 Å². The van der Waals surface area contributed by atoms with Gasteiger partial charge in [0.2, 0.25) is 0 Å². The van der Waals surface area contributed by atoms with Gasteiger partial charge < -0.3 is 9.47 Å². The first kappa shape index (κ1) is 7.10. The van der Waals surface area contributed by atoms with Crippen LogP contribution >= 0.6 is 0 Å². The minimum Gasteiger partial charge on any atom is -0.350 e. The molecule has 1 heterocycles. The molecule has 2 aliphatic carbocycles. The van der Waals surface area contributed by atoms with Crippen molar-refractivity contribution in [2.45, 2.75) is 19.1 Å². The molecule has 0 aromatic heterocycles. The van der Waals surface area contributed by atoms with Crippen molar-refractivity contribution in [1.82, 2.24) is 0 Å². The monoisotopic (exact) mass is 166 g/mol. The molecule has 12 heavy (non-hydrogen) atoms. The second kappa shape index (κ2) is 2.57. The van der Waals surface area contributed by atoms with Gasteiger partial charge in [-0.15, -0.1) is 0 Å². The third-order valence-corrected chi connectivity index (χ3v) is 3.33. The summed E-state index contributed by atoms with van der Waals surface area (Å²) in [5, 5.41) is 0. The van der Waals surface area contributed by atoms with Crippen LogP contribution in [0.2, 0.25) is 0 Å². The molecule has 66 valence electrons. The molecule has 0 radical (unpaired) electrons. The third kappa shape index (κ3) is 0.947. The van der Waals surface area contributed by atoms with Crippen molar-refractivity contribution in [3.63, 3.8) is 0 Å². The van der Waals surface area contributed by atoms with E-state index in [1.807, 2.05) is 0 Å². The summed E-state index contributed by atoms with van der Waals surface area (Å²) in [7, 11) is 0. The molecule has 1 saturated heterocycles. The lowest BCUT2D eigenvalue weighted by Gasteiger charge is -2.22. The Morgan fingerprint density at radius 2 is 1.83 bits per heavy atom. The molecule has 3 aliphatic rings. The number of allylic oxidation sites excluding steroid dienone is 2. The van der Waals surface area contributed by atoms with E-state index >= 15 is 0 Å². The fourth-order valence-electron chi connectivity index (χ4n) is 2.76. The molecule has 1 saturated carbocycles. The van der Waals surface area contributed by atoms with E-state index in [4.69, 9.17) is 9.47 Å². The molecule has 3 rings (SSSR count). The van der Waals surface area contributed by atoms with Crippen LogP contribution in [0.3, 0.4) is 0 Å². The van der Waals surface area contributed by atoms with E-state index in [1.54, 1.807) is 0 Å². The first-order valence-corrected chi connectivity index (χ1v) is 4.85. The lowest BCUT2D eigenvalue weighted by molar-refractivity contribution is -0.0899. The van der Waals surface area contributed by atoms with E-state index in [-0.39, 0.29) is 6.29 Å². The first-order chi connectivity index (χ1) is 5.93. The van der Waals surface area contributed by atoms with Gasteiger partial charge in [-0.25, -0.2) is 0 Å². The largest absolute Gasteiger partial charge is 0.350 e. The molecule has 0 unspecified atom stereocenters. The highest BCUT2D eigenvalue weighted by atomic mass is 16.7. The lowest BCUT2D eigenvalue weighted by Crippen LogP contribution is -2.24. The van der Waals surface area contributed by atoms with E-state index in [2.05, 4.69) is 12.2 Å². The Labute approximate surface area is 72.5 Å². The maximum absolute atomic E-state index is 5.53. The summed E-state index contributed by atoms with van der Waals surface area (Å²) in [6.07, 6.45) is 7.45. The van der Waals surface area contributed by atoms with Crippen molar-refractivity contribution in [2.75, 3.05) is 13.2 Å². The fourth-order valence-corrected chi connectivity index (χ4v) is 2.76. The van der Waals surface area contributed by atoms with Gasteiger partial charge in [0.05, 0.1) is 13.2 Å². The van der Waals surface area contributed by atoms with Gasteiger partial charge in [0.1, 0.15) is 0 Å². The molecule has 0 amide bonds. The predicted octanol–water partition coefficient (Wildman–Crippen LogP) is 1.57. The van der Waals surface area contributed by atoms with E-state index in [1.165, 1.54) is 12.8 Å². The third-order valence-electron chi connectivity index (χ3n) is 3.33. The Morgan fingerprint density at radius 3 is 2.42 bits per heavy atom. The Kier molecular flexibility index (Phi) is 1.52. The molecule has 2 bridgehead atoms. The first-order valence-electron chi connectivity index (χ1n) is 4.85. The number of rotatable bonds is 1. The Bertz CT molecular complexity index is 206. The average molecular weight is 166 g/mol. The minimum atomic E-state index is 0.116. The Balaban J connectivity index is 1.74. The average Bonchev–Trinajstić information content (AvgIpc) is 2.81. The molecular formula is C10H14O2. The van der Waals surface area contributed by atoms with Crippen LogP contribution in [0, 0.1) is 17.8 Å². The second-order valence-corrected chi connectivity index (χ2v) is 4.05. The molecule has 2 nitrogen and oxygen atoms in total. The van der Waals surface area contributed by atoms with Gasteiger partial charge in [-0.05, 0) is 24.7 Å². The Hall–Kier alpha value is -0.340. The highest BCUT2D eigenvalue weighted by Crippen LogP contribution is 2.46. The molecule has 0 N–H and O–H groups in total. The SMILES string of the molecule is C1=C[C@H]2C[C@@H]1C[C@H]2C1OCCO1. The number of fused-ring (bicyclic) bond motifs is 2. The van der Waals surface area contributed by atoms with Crippen LogP contribution in [0.1, 0.15) is 12.8 Å². The van der Waals surface area contributed by atoms with Crippen LogP contribution in [0.5, 0.6) is 0 Å². The van der Waals surface area contributed by atoms with E-state index in [9.17, 15) is 0 Å². The lowest BCUT2D eigenvalue weighted by atomic mass is 9.93. The standard InChI is InChI=1S/C10H14O2/c1-2-8-5-7(1)6-9(8)10-11-3-4-12-10/h1-2,7-10H,3-6H2/t7-,8+,9-/m1/s1. The smallest absolute Gasteiger partial charge is 0.161 e. The summed E-state index contributed by atoms with van der Waals surface area (Å²) in [6.45, 7) is 1.59. The molecule has 2 heteroatoms. The summed E-state index contributed by atoms with van der Waals surface area (Å²) >= 11 is 0. The summed E-state index contributed by atoms with van der Waals surface area (Å²) in [5.74, 6) is 2.23. The number of hydrogen-bond donors (Lipinski definition) is 0. The van der Waals surface area contributed by atoms with Gasteiger partial charge in [-0.3, -0.25) is 0 Å². The summed E-state index contributed by atoms with van der Waals surface area (Å²) in [6, 6.07) is 0. The normalized spacial score (nSPS) is 46.2. The zero-order valence-electron chi connectivity index (χ0n) is 7.11. The minimum absolute atomic E-state index is 0.116. The quantitative estimate of drug-likeness (QED) is 0.550. The van der Waals surface area contributed by atoms with Crippen LogP contribution in [-0.2, 0) is 9.47 Å². The predicted molar refractivity (Wildman–Crippen MR) is 44.5 cm³/mol. The molecule has 2 fully saturated rings. The maximum atomic E-state index is 5.53. The van der Waals surface area contributed by atoms with Gasteiger partial charge in [0.25, 0.3) is 0 Å². The number of ether oxygens (including phenoxy) is 2. The van der Waals surface area contributed by atoms with Crippen molar-refractivity contribution < 1.29 is 9.47 Å².